The molecule has 1 heterocycles. The Balaban J connectivity index is 0.000000405. The molecule has 10 heteroatoms. The van der Waals surface area contributed by atoms with Crippen LogP contribution in [0.3, 0.4) is 0 Å². The van der Waals surface area contributed by atoms with Gasteiger partial charge in [-0.05, 0) is 62.1 Å². The van der Waals surface area contributed by atoms with E-state index < -0.39 is 12.0 Å². The first kappa shape index (κ1) is 27.7. The van der Waals surface area contributed by atoms with Crippen molar-refractivity contribution >= 4 is 24.3 Å². The summed E-state index contributed by atoms with van der Waals surface area (Å²) >= 11 is 0. The smallest absolute Gasteiger partial charge is 0.324 e. The number of rotatable bonds is 8. The maximum atomic E-state index is 10.7. The molecule has 0 bridgehead atoms. The minimum absolute atomic E-state index is 0.0128. The highest BCUT2D eigenvalue weighted by Gasteiger charge is 2.41. The van der Waals surface area contributed by atoms with Crippen LogP contribution in [0.4, 0.5) is 5.69 Å². The molecule has 1 amide bonds. The largest absolute Gasteiger partial charge is 0.469 e. The summed E-state index contributed by atoms with van der Waals surface area (Å²) < 4.78 is 10.4. The Morgan fingerprint density at radius 3 is 2.51 bits per heavy atom. The minimum Gasteiger partial charge on any atom is -0.469 e. The number of aliphatic imine (C=N–C) groups is 2. The number of ether oxygens (including phenoxy) is 2. The number of methoxy groups -OCH3 is 1. The van der Waals surface area contributed by atoms with E-state index in [0.29, 0.717) is 23.9 Å². The van der Waals surface area contributed by atoms with E-state index in [1.807, 2.05) is 25.4 Å². The number of benzene rings is 2. The van der Waals surface area contributed by atoms with Crippen LogP contribution in [0.5, 0.6) is 5.75 Å². The Morgan fingerprint density at radius 1 is 1.24 bits per heavy atom. The number of carbonyl (C=O) groups excluding carboxylic acids is 1. The van der Waals surface area contributed by atoms with E-state index in [4.69, 9.17) is 15.2 Å². The fourth-order valence-electron chi connectivity index (χ4n) is 3.71. The summed E-state index contributed by atoms with van der Waals surface area (Å²) in [5.74, 6) is -2.12. The van der Waals surface area contributed by atoms with Gasteiger partial charge in [-0.3, -0.25) is 9.79 Å². The van der Waals surface area contributed by atoms with Gasteiger partial charge < -0.3 is 36.1 Å². The molecule has 2 unspecified atom stereocenters. The van der Waals surface area contributed by atoms with Crippen molar-refractivity contribution in [1.82, 2.24) is 5.32 Å². The third kappa shape index (κ3) is 8.06. The second-order valence-electron chi connectivity index (χ2n) is 8.94. The van der Waals surface area contributed by atoms with Crippen molar-refractivity contribution in [2.75, 3.05) is 12.4 Å². The van der Waals surface area contributed by atoms with E-state index in [1.54, 1.807) is 42.5 Å². The van der Waals surface area contributed by atoms with Crippen molar-refractivity contribution in [2.45, 2.75) is 51.2 Å². The van der Waals surface area contributed by atoms with Crippen molar-refractivity contribution < 1.29 is 24.5 Å². The average Bonchev–Trinajstić information content (AvgIpc) is 2.84. The monoisotopic (exact) mass is 509 g/mol. The van der Waals surface area contributed by atoms with E-state index in [-0.39, 0.29) is 11.9 Å². The molecule has 0 spiro atoms. The van der Waals surface area contributed by atoms with E-state index in [0.717, 1.165) is 36.1 Å². The molecular weight excluding hydrogens is 474 g/mol. The number of hydrogen-bond acceptors (Lipinski definition) is 8. The molecule has 1 fully saturated rings. The Morgan fingerprint density at radius 2 is 1.97 bits per heavy atom. The second kappa shape index (κ2) is 12.9. The Bertz CT molecular complexity index is 1130. The number of hydrogen-bond donors (Lipinski definition) is 5. The van der Waals surface area contributed by atoms with Crippen LogP contribution in [-0.2, 0) is 9.53 Å². The van der Waals surface area contributed by atoms with Crippen molar-refractivity contribution in [2.24, 2.45) is 21.6 Å². The molecule has 1 aliphatic heterocycles. The molecule has 2 aromatic carbocycles. The minimum atomic E-state index is -2.17. The fraction of sp³-hybridized carbons (Fsp3) is 0.370. The van der Waals surface area contributed by atoms with Crippen LogP contribution in [-0.4, -0.2) is 48.0 Å². The molecule has 198 valence electrons. The predicted molar refractivity (Wildman–Crippen MR) is 143 cm³/mol. The zero-order chi connectivity index (χ0) is 26.8. The lowest BCUT2D eigenvalue weighted by Crippen LogP contribution is -2.46. The van der Waals surface area contributed by atoms with Gasteiger partial charge in [0.1, 0.15) is 11.8 Å². The van der Waals surface area contributed by atoms with Gasteiger partial charge in [-0.1, -0.05) is 30.7 Å². The van der Waals surface area contributed by atoms with E-state index in [2.05, 4.69) is 27.5 Å². The lowest BCUT2D eigenvalue weighted by Gasteiger charge is -2.36. The van der Waals surface area contributed by atoms with Crippen LogP contribution < -0.4 is 21.1 Å². The molecule has 10 nitrogen and oxygen atoms in total. The maximum Gasteiger partial charge on any atom is 0.324 e. The number of amides is 1. The number of nitrogens with two attached hydrogens (primary N) is 1. The quantitative estimate of drug-likeness (QED) is 0.159. The average molecular weight is 510 g/mol. The van der Waals surface area contributed by atoms with Gasteiger partial charge in [0.2, 0.25) is 6.41 Å². The van der Waals surface area contributed by atoms with Gasteiger partial charge in [0, 0.05) is 18.1 Å². The zero-order valence-electron chi connectivity index (χ0n) is 21.3. The number of amidine groups is 1. The molecular formula is C27H35N5O5. The third-order valence-electron chi connectivity index (χ3n) is 6.05. The van der Waals surface area contributed by atoms with Crippen molar-refractivity contribution in [3.8, 4) is 5.75 Å². The molecule has 0 saturated heterocycles. The number of nitrogens with zero attached hydrogens (tertiary/aromatic N) is 2. The van der Waals surface area contributed by atoms with Gasteiger partial charge in [0.25, 0.3) is 6.02 Å². The molecule has 2 aromatic rings. The predicted octanol–water partition coefficient (Wildman–Crippen LogP) is 3.03. The van der Waals surface area contributed by atoms with Crippen LogP contribution in [0, 0.1) is 5.92 Å². The first-order valence-corrected chi connectivity index (χ1v) is 12.1. The lowest BCUT2D eigenvalue weighted by molar-refractivity contribution is -0.334. The number of allylic oxidation sites excluding steroid dienone is 1. The summed E-state index contributed by atoms with van der Waals surface area (Å²) in [6.07, 6.45) is 6.84. The van der Waals surface area contributed by atoms with Crippen LogP contribution >= 0.6 is 0 Å². The number of nitrogens with one attached hydrogen (secondary N) is 2. The standard InChI is InChI=1S/C21H25N3O5.C6H10N2/c1-28-20(22)24-19(15-4-2-7-17(12-15)23-13-25)14-8-10-18(11-9-14)29-21(26,27)16-5-3-6-16;1-5-3-8-6(2)4-7-5/h2,4,7-13,16,19,26-27H,3,5-6H2,1H3,(H2,22,24)(H,23,25);3-5,7H,1-2H3. The number of aliphatic hydroxyl groups is 2. The normalized spacial score (nSPS) is 18.2. The summed E-state index contributed by atoms with van der Waals surface area (Å²) in [6.45, 7) is 4.03. The maximum absolute atomic E-state index is 10.7. The van der Waals surface area contributed by atoms with E-state index in [9.17, 15) is 15.0 Å². The highest BCUT2D eigenvalue weighted by Crippen LogP contribution is 2.36. The lowest BCUT2D eigenvalue weighted by atomic mass is 9.83. The van der Waals surface area contributed by atoms with Gasteiger partial charge >= 0.3 is 5.97 Å². The molecule has 2 aliphatic rings. The van der Waals surface area contributed by atoms with Crippen molar-refractivity contribution in [3.05, 3.63) is 71.6 Å². The number of anilines is 1. The number of carbonyl (C=O) groups is 1. The molecule has 0 aromatic heterocycles. The van der Waals surface area contributed by atoms with Crippen LogP contribution in [0.1, 0.15) is 50.3 Å². The van der Waals surface area contributed by atoms with Gasteiger partial charge in [-0.25, -0.2) is 4.99 Å². The highest BCUT2D eigenvalue weighted by atomic mass is 16.8. The van der Waals surface area contributed by atoms with Crippen molar-refractivity contribution in [3.63, 3.8) is 0 Å². The van der Waals surface area contributed by atoms with Crippen molar-refractivity contribution in [1.29, 1.82) is 0 Å². The summed E-state index contributed by atoms with van der Waals surface area (Å²) in [6, 6.07) is 14.0. The van der Waals surface area contributed by atoms with Crippen LogP contribution in [0.25, 0.3) is 0 Å². The first-order chi connectivity index (χ1) is 17.7. The van der Waals surface area contributed by atoms with Crippen LogP contribution in [0.15, 0.2) is 70.4 Å². The zero-order valence-corrected chi connectivity index (χ0v) is 21.3. The molecule has 2 atom stereocenters. The second-order valence-corrected chi connectivity index (χ2v) is 8.94. The molecule has 6 N–H and O–H groups in total. The Labute approximate surface area is 216 Å². The van der Waals surface area contributed by atoms with Crippen LogP contribution in [0.2, 0.25) is 0 Å². The molecule has 1 saturated carbocycles. The highest BCUT2D eigenvalue weighted by molar-refractivity contribution is 5.73. The molecule has 0 radical (unpaired) electrons. The van der Waals surface area contributed by atoms with Gasteiger partial charge in [0.15, 0.2) is 0 Å². The van der Waals surface area contributed by atoms with Gasteiger partial charge in [0.05, 0.1) is 24.8 Å². The summed E-state index contributed by atoms with van der Waals surface area (Å²) in [5, 5.41) is 26.0. The Hall–Kier alpha value is -3.89. The summed E-state index contributed by atoms with van der Waals surface area (Å²) in [4.78, 5) is 19.2. The summed E-state index contributed by atoms with van der Waals surface area (Å²) in [5.41, 5.74) is 9.02. The molecule has 4 rings (SSSR count). The third-order valence-corrected chi connectivity index (χ3v) is 6.05. The molecule has 1 aliphatic carbocycles. The SMILES string of the molecule is CC1=CNC(C)C=N1.COC(N)=NC(c1ccc(OC(O)(O)C2CCC2)cc1)c1cccc(NC=O)c1. The van der Waals surface area contributed by atoms with E-state index in [1.165, 1.54) is 7.11 Å². The fourth-order valence-corrected chi connectivity index (χ4v) is 3.71. The summed E-state index contributed by atoms with van der Waals surface area (Å²) in [7, 11) is 1.43. The topological polar surface area (TPSA) is 151 Å². The van der Waals surface area contributed by atoms with Gasteiger partial charge in [-0.15, -0.1) is 0 Å². The van der Waals surface area contributed by atoms with E-state index >= 15 is 0 Å². The Kier molecular flexibility index (Phi) is 9.64. The van der Waals surface area contributed by atoms with Gasteiger partial charge in [-0.2, -0.15) is 0 Å². The first-order valence-electron chi connectivity index (χ1n) is 12.1. The molecule has 37 heavy (non-hydrogen) atoms.